The van der Waals surface area contributed by atoms with Crippen molar-refractivity contribution in [1.82, 2.24) is 9.88 Å². The van der Waals surface area contributed by atoms with Gasteiger partial charge in [0, 0.05) is 30.4 Å². The minimum absolute atomic E-state index is 1.03. The van der Waals surface area contributed by atoms with Crippen LogP contribution in [0.3, 0.4) is 0 Å². The Morgan fingerprint density at radius 1 is 1.14 bits per heavy atom. The summed E-state index contributed by atoms with van der Waals surface area (Å²) in [6, 6.07) is 4.15. The van der Waals surface area contributed by atoms with E-state index in [2.05, 4.69) is 58.6 Å². The topological polar surface area (TPSA) is 16.1 Å². The molecule has 0 radical (unpaired) electrons. The molecule has 1 aliphatic heterocycles. The van der Waals surface area contributed by atoms with Crippen molar-refractivity contribution in [2.24, 2.45) is 0 Å². The largest absolute Gasteiger partial charge is 0.374 e. The van der Waals surface area contributed by atoms with Crippen molar-refractivity contribution in [3.63, 3.8) is 0 Å². The first-order valence-corrected chi connectivity index (χ1v) is 8.90. The summed E-state index contributed by atoms with van der Waals surface area (Å²) < 4.78 is 0. The molecule has 3 rings (SSSR count). The second-order valence-electron chi connectivity index (χ2n) is 5.50. The van der Waals surface area contributed by atoms with Gasteiger partial charge in [0.1, 0.15) is 0 Å². The standard InChI is InChI=1S/C19H22N2S/c1-2-5-17(6-3-1)18-9-14-21(15-10-18)13-4-16-22-19-7-11-20-12-8-19/h1-2,6-12,14H,3-5,13,15-16H2. The Hall–Kier alpha value is -1.74. The van der Waals surface area contributed by atoms with Gasteiger partial charge in [0.25, 0.3) is 0 Å². The number of hydrogen-bond donors (Lipinski definition) is 0. The molecule has 114 valence electrons. The zero-order chi connectivity index (χ0) is 15.0. The first-order valence-electron chi connectivity index (χ1n) is 7.91. The molecule has 0 saturated heterocycles. The van der Waals surface area contributed by atoms with Crippen LogP contribution in [-0.4, -0.2) is 28.7 Å². The summed E-state index contributed by atoms with van der Waals surface area (Å²) in [5, 5.41) is 0. The van der Waals surface area contributed by atoms with Gasteiger partial charge in [-0.05, 0) is 60.6 Å². The van der Waals surface area contributed by atoms with Gasteiger partial charge in [0.2, 0.25) is 0 Å². The molecule has 1 aromatic rings. The van der Waals surface area contributed by atoms with Gasteiger partial charge in [-0.3, -0.25) is 4.98 Å². The average Bonchev–Trinajstić information content (AvgIpc) is 2.61. The lowest BCUT2D eigenvalue weighted by atomic mass is 9.96. The molecule has 0 unspecified atom stereocenters. The van der Waals surface area contributed by atoms with Crippen LogP contribution in [0, 0.1) is 0 Å². The van der Waals surface area contributed by atoms with Gasteiger partial charge < -0.3 is 4.90 Å². The minimum atomic E-state index is 1.03. The number of allylic oxidation sites excluding steroid dienone is 6. The van der Waals surface area contributed by atoms with Crippen molar-refractivity contribution >= 4 is 11.8 Å². The number of nitrogens with zero attached hydrogens (tertiary/aromatic N) is 2. The highest BCUT2D eigenvalue weighted by atomic mass is 32.2. The van der Waals surface area contributed by atoms with Crippen molar-refractivity contribution in [3.8, 4) is 0 Å². The van der Waals surface area contributed by atoms with Crippen molar-refractivity contribution in [1.29, 1.82) is 0 Å². The molecular formula is C19H22N2S. The molecule has 2 nitrogen and oxygen atoms in total. The first-order chi connectivity index (χ1) is 10.9. The summed E-state index contributed by atoms with van der Waals surface area (Å²) in [4.78, 5) is 7.75. The molecule has 3 heteroatoms. The zero-order valence-electron chi connectivity index (χ0n) is 12.8. The molecule has 1 aromatic heterocycles. The number of aromatic nitrogens is 1. The van der Waals surface area contributed by atoms with Gasteiger partial charge >= 0.3 is 0 Å². The predicted molar refractivity (Wildman–Crippen MR) is 94.8 cm³/mol. The first kappa shape index (κ1) is 15.2. The maximum absolute atomic E-state index is 4.05. The van der Waals surface area contributed by atoms with E-state index in [0.29, 0.717) is 0 Å². The molecule has 0 N–H and O–H groups in total. The molecular weight excluding hydrogens is 288 g/mol. The Morgan fingerprint density at radius 3 is 2.77 bits per heavy atom. The lowest BCUT2D eigenvalue weighted by Gasteiger charge is -2.23. The van der Waals surface area contributed by atoms with E-state index in [1.54, 1.807) is 0 Å². The van der Waals surface area contributed by atoms with Crippen molar-refractivity contribution in [3.05, 3.63) is 72.3 Å². The van der Waals surface area contributed by atoms with E-state index in [-0.39, 0.29) is 0 Å². The summed E-state index contributed by atoms with van der Waals surface area (Å²) >= 11 is 1.91. The van der Waals surface area contributed by atoms with E-state index in [1.807, 2.05) is 24.2 Å². The Morgan fingerprint density at radius 2 is 2.05 bits per heavy atom. The van der Waals surface area contributed by atoms with E-state index >= 15 is 0 Å². The van der Waals surface area contributed by atoms with Gasteiger partial charge in [0.05, 0.1) is 0 Å². The molecule has 0 fully saturated rings. The van der Waals surface area contributed by atoms with E-state index in [9.17, 15) is 0 Å². The van der Waals surface area contributed by atoms with Gasteiger partial charge in [-0.25, -0.2) is 0 Å². The summed E-state index contributed by atoms with van der Waals surface area (Å²) in [6.07, 6.45) is 20.8. The Labute approximate surface area is 137 Å². The van der Waals surface area contributed by atoms with Crippen LogP contribution in [0.5, 0.6) is 0 Å². The average molecular weight is 310 g/mol. The molecule has 0 bridgehead atoms. The second-order valence-corrected chi connectivity index (χ2v) is 6.66. The second kappa shape index (κ2) is 8.04. The minimum Gasteiger partial charge on any atom is -0.374 e. The normalized spacial score (nSPS) is 17.4. The predicted octanol–water partition coefficient (Wildman–Crippen LogP) is 4.60. The summed E-state index contributed by atoms with van der Waals surface area (Å²) in [5.41, 5.74) is 2.89. The molecule has 2 heterocycles. The van der Waals surface area contributed by atoms with Crippen LogP contribution in [0.25, 0.3) is 0 Å². The summed E-state index contributed by atoms with van der Waals surface area (Å²) in [7, 11) is 0. The summed E-state index contributed by atoms with van der Waals surface area (Å²) in [6.45, 7) is 2.16. The molecule has 0 aromatic carbocycles. The van der Waals surface area contributed by atoms with Crippen LogP contribution in [0.2, 0.25) is 0 Å². The molecule has 0 spiro atoms. The Balaban J connectivity index is 1.38. The fourth-order valence-electron chi connectivity index (χ4n) is 2.66. The zero-order valence-corrected chi connectivity index (χ0v) is 13.6. The number of pyridine rings is 1. The van der Waals surface area contributed by atoms with Crippen LogP contribution >= 0.6 is 11.8 Å². The molecule has 1 aliphatic carbocycles. The van der Waals surface area contributed by atoms with Crippen molar-refractivity contribution < 1.29 is 0 Å². The molecule has 0 atom stereocenters. The number of rotatable bonds is 6. The lowest BCUT2D eigenvalue weighted by Crippen LogP contribution is -2.21. The maximum atomic E-state index is 4.05. The summed E-state index contributed by atoms with van der Waals surface area (Å²) in [5.74, 6) is 1.15. The highest BCUT2D eigenvalue weighted by Crippen LogP contribution is 2.23. The third-order valence-corrected chi connectivity index (χ3v) is 4.99. The highest BCUT2D eigenvalue weighted by Gasteiger charge is 2.08. The molecule has 2 aliphatic rings. The van der Waals surface area contributed by atoms with Crippen molar-refractivity contribution in [2.75, 3.05) is 18.8 Å². The molecule has 0 saturated carbocycles. The van der Waals surface area contributed by atoms with Crippen LogP contribution in [0.4, 0.5) is 0 Å². The highest BCUT2D eigenvalue weighted by molar-refractivity contribution is 7.99. The van der Waals surface area contributed by atoms with Gasteiger partial charge in [-0.15, -0.1) is 11.8 Å². The SMILES string of the molecule is C1=CCC(C2=CCN(CCCSc3ccncc3)C=C2)=CC1. The third kappa shape index (κ3) is 4.38. The number of hydrogen-bond acceptors (Lipinski definition) is 3. The Bertz CT molecular complexity index is 599. The fraction of sp³-hybridized carbons (Fsp3) is 0.316. The van der Waals surface area contributed by atoms with Gasteiger partial charge in [-0.2, -0.15) is 0 Å². The lowest BCUT2D eigenvalue weighted by molar-refractivity contribution is 0.411. The fourth-order valence-corrected chi connectivity index (χ4v) is 3.49. The van der Waals surface area contributed by atoms with Crippen molar-refractivity contribution in [2.45, 2.75) is 24.2 Å². The van der Waals surface area contributed by atoms with E-state index in [1.165, 1.54) is 22.5 Å². The van der Waals surface area contributed by atoms with E-state index < -0.39 is 0 Å². The smallest absolute Gasteiger partial charge is 0.0362 e. The molecule has 0 amide bonds. The van der Waals surface area contributed by atoms with E-state index in [0.717, 1.165) is 31.7 Å². The monoisotopic (exact) mass is 310 g/mol. The quantitative estimate of drug-likeness (QED) is 0.434. The molecule has 22 heavy (non-hydrogen) atoms. The third-order valence-electron chi connectivity index (χ3n) is 3.89. The van der Waals surface area contributed by atoms with Crippen LogP contribution in [0.1, 0.15) is 19.3 Å². The van der Waals surface area contributed by atoms with Crippen LogP contribution in [-0.2, 0) is 0 Å². The number of thioether (sulfide) groups is 1. The van der Waals surface area contributed by atoms with Gasteiger partial charge in [0.15, 0.2) is 0 Å². The maximum Gasteiger partial charge on any atom is 0.0362 e. The Kier molecular flexibility index (Phi) is 5.54. The van der Waals surface area contributed by atoms with E-state index in [4.69, 9.17) is 0 Å². The van der Waals surface area contributed by atoms with Crippen LogP contribution < -0.4 is 0 Å². The van der Waals surface area contributed by atoms with Gasteiger partial charge in [-0.1, -0.05) is 24.3 Å². The van der Waals surface area contributed by atoms with Crippen LogP contribution in [0.15, 0.2) is 77.1 Å².